The molecule has 9 nitrogen and oxygen atoms in total. The van der Waals surface area contributed by atoms with Gasteiger partial charge in [0, 0.05) is 30.8 Å². The summed E-state index contributed by atoms with van der Waals surface area (Å²) in [5.74, 6) is -0.266. The summed E-state index contributed by atoms with van der Waals surface area (Å²) in [6.07, 6.45) is 0.213. The first-order valence-electron chi connectivity index (χ1n) is 13.2. The molecule has 3 N–H and O–H groups in total. The number of piperidine rings is 1. The van der Waals surface area contributed by atoms with Gasteiger partial charge in [0.2, 0.25) is 11.9 Å². The number of carbonyl (C=O) groups is 2. The van der Waals surface area contributed by atoms with Gasteiger partial charge in [-0.3, -0.25) is 9.59 Å². The second-order valence-electron chi connectivity index (χ2n) is 10.3. The van der Waals surface area contributed by atoms with E-state index in [-0.39, 0.29) is 47.9 Å². The fourth-order valence-corrected chi connectivity index (χ4v) is 5.33. The molecule has 0 radical (unpaired) electrons. The SMILES string of the molecule is COc1cc(C(=O)NC2CCN(C)CC2)ccc1Nc1ncc(C(F)(F)F)c(C[C@@H]2CCC[C@@H]2NC(C)=O)n1. The van der Waals surface area contributed by atoms with Crippen LogP contribution >= 0.6 is 0 Å². The van der Waals surface area contributed by atoms with Crippen LogP contribution in [0.4, 0.5) is 24.8 Å². The molecule has 1 aromatic carbocycles. The Balaban J connectivity index is 1.52. The van der Waals surface area contributed by atoms with Gasteiger partial charge in [-0.05, 0) is 76.4 Å². The second-order valence-corrected chi connectivity index (χ2v) is 10.3. The van der Waals surface area contributed by atoms with Gasteiger partial charge in [-0.1, -0.05) is 6.42 Å². The average molecular weight is 549 g/mol. The van der Waals surface area contributed by atoms with Gasteiger partial charge in [0.05, 0.1) is 24.1 Å². The van der Waals surface area contributed by atoms with Gasteiger partial charge in [0.15, 0.2) is 0 Å². The monoisotopic (exact) mass is 548 g/mol. The minimum Gasteiger partial charge on any atom is -0.495 e. The number of hydrogen-bond donors (Lipinski definition) is 3. The minimum atomic E-state index is -4.61. The van der Waals surface area contributed by atoms with Gasteiger partial charge in [-0.15, -0.1) is 0 Å². The highest BCUT2D eigenvalue weighted by Gasteiger charge is 2.37. The van der Waals surface area contributed by atoms with Crippen LogP contribution in [0.3, 0.4) is 0 Å². The molecule has 2 amide bonds. The molecule has 212 valence electrons. The lowest BCUT2D eigenvalue weighted by atomic mass is 9.95. The molecule has 4 rings (SSSR count). The van der Waals surface area contributed by atoms with E-state index >= 15 is 0 Å². The molecule has 0 unspecified atom stereocenters. The number of rotatable bonds is 8. The lowest BCUT2D eigenvalue weighted by Crippen LogP contribution is -2.43. The van der Waals surface area contributed by atoms with Gasteiger partial charge in [-0.25, -0.2) is 9.97 Å². The van der Waals surface area contributed by atoms with E-state index in [2.05, 4.69) is 37.9 Å². The molecule has 1 saturated heterocycles. The Bertz CT molecular complexity index is 1180. The highest BCUT2D eigenvalue weighted by molar-refractivity contribution is 5.95. The molecular weight excluding hydrogens is 513 g/mol. The lowest BCUT2D eigenvalue weighted by Gasteiger charge is -2.29. The largest absolute Gasteiger partial charge is 0.495 e. The highest BCUT2D eigenvalue weighted by Crippen LogP contribution is 2.36. The van der Waals surface area contributed by atoms with E-state index in [1.807, 2.05) is 0 Å². The van der Waals surface area contributed by atoms with Crippen molar-refractivity contribution in [1.82, 2.24) is 25.5 Å². The van der Waals surface area contributed by atoms with Crippen LogP contribution < -0.4 is 20.7 Å². The van der Waals surface area contributed by atoms with E-state index < -0.39 is 11.7 Å². The molecule has 2 atom stereocenters. The number of ether oxygens (including phenoxy) is 1. The first-order valence-corrected chi connectivity index (χ1v) is 13.2. The van der Waals surface area contributed by atoms with Crippen molar-refractivity contribution in [1.29, 1.82) is 0 Å². The number of nitrogens with one attached hydrogen (secondary N) is 3. The Morgan fingerprint density at radius 3 is 2.54 bits per heavy atom. The zero-order valence-electron chi connectivity index (χ0n) is 22.4. The maximum Gasteiger partial charge on any atom is 0.419 e. The van der Waals surface area contributed by atoms with Gasteiger partial charge in [0.25, 0.3) is 5.91 Å². The van der Waals surface area contributed by atoms with E-state index in [9.17, 15) is 22.8 Å². The highest BCUT2D eigenvalue weighted by atomic mass is 19.4. The third-order valence-electron chi connectivity index (χ3n) is 7.44. The predicted octanol–water partition coefficient (Wildman–Crippen LogP) is 3.92. The van der Waals surface area contributed by atoms with Crippen LogP contribution in [0.1, 0.15) is 60.6 Å². The number of likely N-dealkylation sites (tertiary alicyclic amines) is 1. The number of anilines is 2. The summed E-state index contributed by atoms with van der Waals surface area (Å²) in [7, 11) is 3.50. The van der Waals surface area contributed by atoms with Crippen molar-refractivity contribution in [2.45, 2.75) is 63.7 Å². The number of carbonyl (C=O) groups excluding carboxylic acids is 2. The quantitative estimate of drug-likeness (QED) is 0.459. The molecule has 1 aromatic heterocycles. The van der Waals surface area contributed by atoms with E-state index in [1.165, 1.54) is 14.0 Å². The van der Waals surface area contributed by atoms with E-state index in [4.69, 9.17) is 4.74 Å². The Morgan fingerprint density at radius 1 is 1.13 bits per heavy atom. The number of hydrogen-bond acceptors (Lipinski definition) is 7. The Kier molecular flexibility index (Phi) is 8.94. The summed E-state index contributed by atoms with van der Waals surface area (Å²) in [6.45, 7) is 3.24. The van der Waals surface area contributed by atoms with Gasteiger partial charge < -0.3 is 25.6 Å². The van der Waals surface area contributed by atoms with Crippen molar-refractivity contribution >= 4 is 23.5 Å². The molecule has 2 heterocycles. The summed E-state index contributed by atoms with van der Waals surface area (Å²) in [4.78, 5) is 34.7. The summed E-state index contributed by atoms with van der Waals surface area (Å²) in [5, 5.41) is 8.85. The standard InChI is InChI=1S/C27H35F3N6O3/c1-16(37)32-21-6-4-5-17(21)13-23-20(27(28,29)30)15-31-26(35-23)34-22-8-7-18(14-24(22)39-3)25(38)33-19-9-11-36(2)12-10-19/h7-8,14-15,17,19,21H,4-6,9-13H2,1-3H3,(H,32,37)(H,33,38)(H,31,34,35)/t17-,21-/m0/s1. The summed E-state index contributed by atoms with van der Waals surface area (Å²) in [6, 6.07) is 4.72. The van der Waals surface area contributed by atoms with Crippen LogP contribution in [-0.2, 0) is 17.4 Å². The van der Waals surface area contributed by atoms with Crippen LogP contribution in [0.5, 0.6) is 5.75 Å². The molecule has 1 aliphatic carbocycles. The Morgan fingerprint density at radius 2 is 1.87 bits per heavy atom. The number of benzene rings is 1. The number of aromatic nitrogens is 2. The number of halogens is 3. The third-order valence-corrected chi connectivity index (χ3v) is 7.44. The molecule has 2 aliphatic rings. The lowest BCUT2D eigenvalue weighted by molar-refractivity contribution is -0.138. The van der Waals surface area contributed by atoms with Crippen LogP contribution in [0.2, 0.25) is 0 Å². The number of nitrogens with zero attached hydrogens (tertiary/aromatic N) is 3. The van der Waals surface area contributed by atoms with E-state index in [0.29, 0.717) is 23.4 Å². The van der Waals surface area contributed by atoms with Crippen molar-refractivity contribution in [2.24, 2.45) is 5.92 Å². The first kappa shape index (κ1) is 28.6. The number of amides is 2. The van der Waals surface area contributed by atoms with Gasteiger partial charge in [-0.2, -0.15) is 13.2 Å². The first-order chi connectivity index (χ1) is 18.5. The average Bonchev–Trinajstić information content (AvgIpc) is 3.30. The van der Waals surface area contributed by atoms with Crippen molar-refractivity contribution in [2.75, 3.05) is 32.6 Å². The summed E-state index contributed by atoms with van der Waals surface area (Å²) < 4.78 is 46.8. The molecule has 2 aromatic rings. The molecule has 12 heteroatoms. The third kappa shape index (κ3) is 7.37. The molecule has 39 heavy (non-hydrogen) atoms. The zero-order valence-corrected chi connectivity index (χ0v) is 22.4. The van der Waals surface area contributed by atoms with Crippen LogP contribution in [0.15, 0.2) is 24.4 Å². The van der Waals surface area contributed by atoms with Crippen molar-refractivity contribution < 1.29 is 27.5 Å². The molecule has 0 bridgehead atoms. The van der Waals surface area contributed by atoms with E-state index in [0.717, 1.165) is 45.0 Å². The van der Waals surface area contributed by atoms with Crippen molar-refractivity contribution in [3.63, 3.8) is 0 Å². The smallest absolute Gasteiger partial charge is 0.419 e. The fourth-order valence-electron chi connectivity index (χ4n) is 5.33. The van der Waals surface area contributed by atoms with E-state index in [1.54, 1.807) is 18.2 Å². The molecule has 2 fully saturated rings. The fraction of sp³-hybridized carbons (Fsp3) is 0.556. The Hall–Kier alpha value is -3.41. The molecule has 0 spiro atoms. The molecule has 1 aliphatic heterocycles. The summed E-state index contributed by atoms with van der Waals surface area (Å²) >= 11 is 0. The van der Waals surface area contributed by atoms with Crippen molar-refractivity contribution in [3.05, 3.63) is 41.2 Å². The predicted molar refractivity (Wildman–Crippen MR) is 140 cm³/mol. The van der Waals surface area contributed by atoms with Gasteiger partial charge in [0.1, 0.15) is 5.75 Å². The van der Waals surface area contributed by atoms with Crippen LogP contribution in [0, 0.1) is 5.92 Å². The zero-order chi connectivity index (χ0) is 28.2. The van der Waals surface area contributed by atoms with Crippen molar-refractivity contribution in [3.8, 4) is 5.75 Å². The van der Waals surface area contributed by atoms with Gasteiger partial charge >= 0.3 is 6.18 Å². The number of methoxy groups -OCH3 is 1. The number of alkyl halides is 3. The Labute approximate surface area is 225 Å². The van der Waals surface area contributed by atoms with Crippen LogP contribution in [-0.4, -0.2) is 66.0 Å². The second kappa shape index (κ2) is 12.2. The summed E-state index contributed by atoms with van der Waals surface area (Å²) in [5.41, 5.74) is -0.198. The maximum absolute atomic E-state index is 13.8. The maximum atomic E-state index is 13.8. The topological polar surface area (TPSA) is 108 Å². The van der Waals surface area contributed by atoms with Crippen LogP contribution in [0.25, 0.3) is 0 Å². The minimum absolute atomic E-state index is 0.0195. The molecule has 1 saturated carbocycles. The molecular formula is C27H35F3N6O3. The normalized spacial score (nSPS) is 20.5.